The van der Waals surface area contributed by atoms with E-state index in [0.717, 1.165) is 25.9 Å². The van der Waals surface area contributed by atoms with Gasteiger partial charge in [-0.05, 0) is 29.9 Å². The van der Waals surface area contributed by atoms with Gasteiger partial charge in [-0.1, -0.05) is 39.0 Å². The summed E-state index contributed by atoms with van der Waals surface area (Å²) in [5.74, 6) is 0.187. The summed E-state index contributed by atoms with van der Waals surface area (Å²) in [7, 11) is 0. The van der Waals surface area contributed by atoms with E-state index in [-0.39, 0.29) is 11.3 Å². The number of anilines is 1. The lowest BCUT2D eigenvalue weighted by Crippen LogP contribution is -2.36. The number of nitrogens with zero attached hydrogens (tertiary/aromatic N) is 2. The van der Waals surface area contributed by atoms with Crippen molar-refractivity contribution in [3.05, 3.63) is 29.8 Å². The van der Waals surface area contributed by atoms with Crippen molar-refractivity contribution < 1.29 is 0 Å². The number of hydrogen-bond donors (Lipinski definition) is 0. The molecule has 0 spiro atoms. The van der Waals surface area contributed by atoms with Gasteiger partial charge in [0.2, 0.25) is 0 Å². The molecule has 2 heteroatoms. The third-order valence-corrected chi connectivity index (χ3v) is 3.66. The van der Waals surface area contributed by atoms with Crippen LogP contribution in [0.2, 0.25) is 0 Å². The summed E-state index contributed by atoms with van der Waals surface area (Å²) in [5.41, 5.74) is 2.84. The molecule has 1 heterocycles. The van der Waals surface area contributed by atoms with E-state index in [1.165, 1.54) is 11.3 Å². The van der Waals surface area contributed by atoms with Crippen LogP contribution < -0.4 is 4.90 Å². The van der Waals surface area contributed by atoms with E-state index in [0.29, 0.717) is 0 Å². The van der Waals surface area contributed by atoms with E-state index < -0.39 is 0 Å². The zero-order valence-electron chi connectivity index (χ0n) is 11.6. The van der Waals surface area contributed by atoms with Crippen molar-refractivity contribution in [2.24, 2.45) is 5.92 Å². The zero-order chi connectivity index (χ0) is 13.2. The molecule has 0 amide bonds. The molecule has 1 fully saturated rings. The highest BCUT2D eigenvalue weighted by atomic mass is 15.1. The average molecular weight is 242 g/mol. The van der Waals surface area contributed by atoms with Crippen molar-refractivity contribution in [1.82, 2.24) is 0 Å². The highest BCUT2D eigenvalue weighted by Gasteiger charge is 2.24. The normalized spacial score (nSPS) is 20.6. The van der Waals surface area contributed by atoms with Crippen LogP contribution in [0.5, 0.6) is 0 Å². The first-order chi connectivity index (χ1) is 8.52. The molecule has 1 aromatic carbocycles. The van der Waals surface area contributed by atoms with Gasteiger partial charge in [-0.25, -0.2) is 0 Å². The molecule has 0 N–H and O–H groups in total. The molecule has 2 nitrogen and oxygen atoms in total. The summed E-state index contributed by atoms with van der Waals surface area (Å²) in [5, 5.41) is 9.11. The van der Waals surface area contributed by atoms with Crippen molar-refractivity contribution in [2.75, 3.05) is 18.0 Å². The molecule has 1 aliphatic rings. The molecule has 2 rings (SSSR count). The van der Waals surface area contributed by atoms with Gasteiger partial charge in [-0.3, -0.25) is 0 Å². The van der Waals surface area contributed by atoms with E-state index in [2.05, 4.69) is 56.0 Å². The van der Waals surface area contributed by atoms with Gasteiger partial charge >= 0.3 is 0 Å². The first-order valence-electron chi connectivity index (χ1n) is 6.76. The Morgan fingerprint density at radius 1 is 1.28 bits per heavy atom. The smallest absolute Gasteiger partial charge is 0.0674 e. The summed E-state index contributed by atoms with van der Waals surface area (Å²) in [6.07, 6.45) is 2.17. The fourth-order valence-corrected chi connectivity index (χ4v) is 2.68. The second-order valence-corrected chi connectivity index (χ2v) is 6.18. The van der Waals surface area contributed by atoms with Gasteiger partial charge in [-0.2, -0.15) is 5.26 Å². The third kappa shape index (κ3) is 2.67. The van der Waals surface area contributed by atoms with Crippen molar-refractivity contribution in [1.29, 1.82) is 5.26 Å². The Balaban J connectivity index is 2.31. The van der Waals surface area contributed by atoms with Gasteiger partial charge in [-0.15, -0.1) is 0 Å². The summed E-state index contributed by atoms with van der Waals surface area (Å²) >= 11 is 0. The largest absolute Gasteiger partial charge is 0.370 e. The van der Waals surface area contributed by atoms with Crippen LogP contribution in [0.3, 0.4) is 0 Å². The topological polar surface area (TPSA) is 27.0 Å². The van der Waals surface area contributed by atoms with Crippen LogP contribution in [0, 0.1) is 17.2 Å². The van der Waals surface area contributed by atoms with Crippen LogP contribution in [0.4, 0.5) is 5.69 Å². The number of nitriles is 1. The van der Waals surface area contributed by atoms with Crippen LogP contribution in [0.1, 0.15) is 39.2 Å². The fraction of sp³-hybridized carbons (Fsp3) is 0.562. The Kier molecular flexibility index (Phi) is 3.61. The molecule has 1 unspecified atom stereocenters. The number of benzene rings is 1. The molecule has 96 valence electrons. The number of rotatable bonds is 1. The van der Waals surface area contributed by atoms with Crippen molar-refractivity contribution in [3.63, 3.8) is 0 Å². The quantitative estimate of drug-likeness (QED) is 0.750. The van der Waals surface area contributed by atoms with E-state index in [9.17, 15) is 0 Å². The summed E-state index contributed by atoms with van der Waals surface area (Å²) in [6.45, 7) is 8.70. The van der Waals surface area contributed by atoms with Gasteiger partial charge in [0.15, 0.2) is 0 Å². The van der Waals surface area contributed by atoms with E-state index in [4.69, 9.17) is 5.26 Å². The SMILES string of the molecule is CC(C)(C)c1ccccc1N1CCCC(C#N)C1. The first kappa shape index (κ1) is 13.0. The predicted octanol–water partition coefficient (Wildman–Crippen LogP) is 3.72. The molecule has 1 aliphatic heterocycles. The van der Waals surface area contributed by atoms with Crippen molar-refractivity contribution in [2.45, 2.75) is 39.0 Å². The van der Waals surface area contributed by atoms with Crippen LogP contribution in [0.25, 0.3) is 0 Å². The monoisotopic (exact) mass is 242 g/mol. The minimum absolute atomic E-state index is 0.149. The number of hydrogen-bond acceptors (Lipinski definition) is 2. The molecule has 18 heavy (non-hydrogen) atoms. The zero-order valence-corrected chi connectivity index (χ0v) is 11.6. The molecular weight excluding hydrogens is 220 g/mol. The standard InChI is InChI=1S/C16H22N2/c1-16(2,3)14-8-4-5-9-15(14)18-10-6-7-13(11-17)12-18/h4-5,8-9,13H,6-7,10,12H2,1-3H3. The van der Waals surface area contributed by atoms with Crippen LogP contribution in [-0.2, 0) is 5.41 Å². The van der Waals surface area contributed by atoms with Crippen molar-refractivity contribution in [3.8, 4) is 6.07 Å². The lowest BCUT2D eigenvalue weighted by atomic mass is 9.85. The third-order valence-electron chi connectivity index (χ3n) is 3.66. The second-order valence-electron chi connectivity index (χ2n) is 6.18. The van der Waals surface area contributed by atoms with E-state index >= 15 is 0 Å². The number of piperidine rings is 1. The summed E-state index contributed by atoms with van der Waals surface area (Å²) in [6, 6.07) is 11.0. The predicted molar refractivity (Wildman–Crippen MR) is 75.7 cm³/mol. The molecule has 0 aliphatic carbocycles. The average Bonchev–Trinajstić information content (AvgIpc) is 2.38. The highest BCUT2D eigenvalue weighted by Crippen LogP contribution is 2.33. The Morgan fingerprint density at radius 2 is 2.00 bits per heavy atom. The fourth-order valence-electron chi connectivity index (χ4n) is 2.68. The molecule has 0 radical (unpaired) electrons. The Hall–Kier alpha value is -1.49. The lowest BCUT2D eigenvalue weighted by molar-refractivity contribution is 0.488. The Morgan fingerprint density at radius 3 is 2.67 bits per heavy atom. The maximum atomic E-state index is 9.11. The molecular formula is C16H22N2. The van der Waals surface area contributed by atoms with Crippen molar-refractivity contribution >= 4 is 5.69 Å². The molecule has 1 atom stereocenters. The van der Waals surface area contributed by atoms with Crippen LogP contribution in [0.15, 0.2) is 24.3 Å². The molecule has 0 saturated carbocycles. The number of para-hydroxylation sites is 1. The molecule has 0 aromatic heterocycles. The van der Waals surface area contributed by atoms with Crippen LogP contribution in [-0.4, -0.2) is 13.1 Å². The highest BCUT2D eigenvalue weighted by molar-refractivity contribution is 5.56. The second kappa shape index (κ2) is 5.02. The first-order valence-corrected chi connectivity index (χ1v) is 6.76. The Labute approximate surface area is 110 Å². The maximum Gasteiger partial charge on any atom is 0.0674 e. The van der Waals surface area contributed by atoms with Gasteiger partial charge in [0.05, 0.1) is 12.0 Å². The minimum atomic E-state index is 0.149. The molecule has 0 bridgehead atoms. The molecule has 1 aromatic rings. The van der Waals surface area contributed by atoms with Crippen LogP contribution >= 0.6 is 0 Å². The lowest BCUT2D eigenvalue weighted by Gasteiger charge is -2.35. The van der Waals surface area contributed by atoms with E-state index in [1.54, 1.807) is 0 Å². The minimum Gasteiger partial charge on any atom is -0.370 e. The van der Waals surface area contributed by atoms with Gasteiger partial charge in [0.1, 0.15) is 0 Å². The maximum absolute atomic E-state index is 9.11. The van der Waals surface area contributed by atoms with Gasteiger partial charge in [0, 0.05) is 18.8 Å². The van der Waals surface area contributed by atoms with Gasteiger partial charge < -0.3 is 4.90 Å². The molecule has 1 saturated heterocycles. The Bertz CT molecular complexity index is 451. The summed E-state index contributed by atoms with van der Waals surface area (Å²) in [4.78, 5) is 2.39. The van der Waals surface area contributed by atoms with E-state index in [1.807, 2.05) is 0 Å². The summed E-state index contributed by atoms with van der Waals surface area (Å²) < 4.78 is 0. The van der Waals surface area contributed by atoms with Gasteiger partial charge in [0.25, 0.3) is 0 Å².